The Labute approximate surface area is 113 Å². The molecule has 2 heterocycles. The Kier molecular flexibility index (Phi) is 2.73. The average molecular weight is 310 g/mol. The summed E-state index contributed by atoms with van der Waals surface area (Å²) >= 11 is 0. The van der Waals surface area contributed by atoms with Crippen LogP contribution in [0.25, 0.3) is 0 Å². The van der Waals surface area contributed by atoms with Crippen molar-refractivity contribution < 1.29 is 21.6 Å². The van der Waals surface area contributed by atoms with E-state index in [1.54, 1.807) is 0 Å². The summed E-state index contributed by atoms with van der Waals surface area (Å²) in [7, 11) is -3.85. The molecule has 6 nitrogen and oxygen atoms in total. The predicted octanol–water partition coefficient (Wildman–Crippen LogP) is 0.230. The molecular formula is C10H13F3N4O2S. The highest BCUT2D eigenvalue weighted by Crippen LogP contribution is 2.72. The molecule has 2 atom stereocenters. The molecule has 1 aromatic rings. The summed E-state index contributed by atoms with van der Waals surface area (Å²) in [6.45, 7) is -0.221. The number of aromatic nitrogens is 2. The Morgan fingerprint density at radius 2 is 2.15 bits per heavy atom. The van der Waals surface area contributed by atoms with E-state index in [0.717, 1.165) is 6.20 Å². The van der Waals surface area contributed by atoms with Crippen molar-refractivity contribution in [2.24, 2.45) is 10.8 Å². The van der Waals surface area contributed by atoms with E-state index < -0.39 is 27.0 Å². The molecule has 1 saturated carbocycles. The summed E-state index contributed by atoms with van der Waals surface area (Å²) in [5.74, 6) is 0. The third-order valence-electron chi connectivity index (χ3n) is 4.33. The number of H-pyrrole nitrogens is 1. The number of aromatic amines is 1. The molecule has 2 fully saturated rings. The third kappa shape index (κ3) is 1.78. The maximum Gasteiger partial charge on any atom is 0.396 e. The summed E-state index contributed by atoms with van der Waals surface area (Å²) in [5, 5.41) is 2.55. The van der Waals surface area contributed by atoms with Crippen LogP contribution < -0.4 is 10.0 Å². The Hall–Kier alpha value is -1.13. The van der Waals surface area contributed by atoms with Crippen molar-refractivity contribution in [2.45, 2.75) is 17.6 Å². The van der Waals surface area contributed by atoms with Gasteiger partial charge in [-0.15, -0.1) is 0 Å². The van der Waals surface area contributed by atoms with Gasteiger partial charge >= 0.3 is 6.18 Å². The smallest absolute Gasteiger partial charge is 0.335 e. The highest BCUT2D eigenvalue weighted by atomic mass is 32.2. The molecule has 1 aliphatic heterocycles. The Morgan fingerprint density at radius 1 is 1.40 bits per heavy atom. The number of hydrogen-bond acceptors (Lipinski definition) is 4. The molecule has 0 radical (unpaired) electrons. The zero-order valence-corrected chi connectivity index (χ0v) is 11.1. The van der Waals surface area contributed by atoms with Crippen molar-refractivity contribution in [3.05, 3.63) is 12.5 Å². The first kappa shape index (κ1) is 13.8. The van der Waals surface area contributed by atoms with Gasteiger partial charge in [0.1, 0.15) is 0 Å². The lowest BCUT2D eigenvalue weighted by molar-refractivity contribution is -0.190. The van der Waals surface area contributed by atoms with Crippen molar-refractivity contribution in [2.75, 3.05) is 19.6 Å². The van der Waals surface area contributed by atoms with Crippen LogP contribution in [-0.2, 0) is 10.0 Å². The van der Waals surface area contributed by atoms with Gasteiger partial charge in [0.05, 0.1) is 17.9 Å². The number of hydrogen-bond donors (Lipinski definition) is 3. The number of halogens is 3. The van der Waals surface area contributed by atoms with Gasteiger partial charge in [-0.25, -0.2) is 18.1 Å². The summed E-state index contributed by atoms with van der Waals surface area (Å²) in [6.07, 6.45) is -2.06. The molecule has 1 saturated heterocycles. The summed E-state index contributed by atoms with van der Waals surface area (Å²) in [6, 6.07) is 0. The van der Waals surface area contributed by atoms with E-state index in [9.17, 15) is 21.6 Å². The average Bonchev–Trinajstić information content (AvgIpc) is 2.76. The SMILES string of the molecule is O=S(=O)(NC[C@]12CNC[C@@]1(C(F)(F)F)C2)c1cnc[nH]1. The molecule has 3 N–H and O–H groups in total. The van der Waals surface area contributed by atoms with Crippen LogP contribution in [0, 0.1) is 10.8 Å². The van der Waals surface area contributed by atoms with Gasteiger partial charge in [0.2, 0.25) is 0 Å². The van der Waals surface area contributed by atoms with E-state index in [2.05, 4.69) is 20.0 Å². The molecule has 0 bridgehead atoms. The van der Waals surface area contributed by atoms with Gasteiger partial charge in [0.25, 0.3) is 10.0 Å². The number of nitrogens with zero attached hydrogens (tertiary/aromatic N) is 1. The van der Waals surface area contributed by atoms with Crippen molar-refractivity contribution in [1.82, 2.24) is 20.0 Å². The van der Waals surface area contributed by atoms with Gasteiger partial charge in [-0.1, -0.05) is 0 Å². The minimum absolute atomic E-state index is 0.0397. The molecule has 0 unspecified atom stereocenters. The van der Waals surface area contributed by atoms with Gasteiger partial charge in [0.15, 0.2) is 5.03 Å². The predicted molar refractivity (Wildman–Crippen MR) is 62.2 cm³/mol. The number of fused-ring (bicyclic) bond motifs is 1. The van der Waals surface area contributed by atoms with Gasteiger partial charge in [-0.05, 0) is 6.42 Å². The van der Waals surface area contributed by atoms with Gasteiger partial charge in [0, 0.05) is 25.0 Å². The van der Waals surface area contributed by atoms with E-state index in [0.29, 0.717) is 0 Å². The number of nitrogens with one attached hydrogen (secondary N) is 3. The van der Waals surface area contributed by atoms with Crippen LogP contribution in [0.5, 0.6) is 0 Å². The normalized spacial score (nSPS) is 33.1. The third-order valence-corrected chi connectivity index (χ3v) is 5.65. The second-order valence-electron chi connectivity index (χ2n) is 5.38. The molecule has 1 aliphatic carbocycles. The van der Waals surface area contributed by atoms with Gasteiger partial charge in [-0.3, -0.25) is 0 Å². The summed E-state index contributed by atoms with van der Waals surface area (Å²) in [5.41, 5.74) is -2.87. The first-order valence-corrected chi connectivity index (χ1v) is 7.46. The Morgan fingerprint density at radius 3 is 2.70 bits per heavy atom. The quantitative estimate of drug-likeness (QED) is 0.743. The lowest BCUT2D eigenvalue weighted by Crippen LogP contribution is -2.37. The molecule has 20 heavy (non-hydrogen) atoms. The van der Waals surface area contributed by atoms with Crippen molar-refractivity contribution in [3.63, 3.8) is 0 Å². The topological polar surface area (TPSA) is 86.9 Å². The molecule has 3 rings (SSSR count). The summed E-state index contributed by atoms with van der Waals surface area (Å²) < 4.78 is 65.3. The zero-order chi connectivity index (χ0) is 14.6. The highest BCUT2D eigenvalue weighted by Gasteiger charge is 2.81. The number of rotatable bonds is 4. The largest absolute Gasteiger partial charge is 0.396 e. The minimum atomic E-state index is -4.32. The van der Waals surface area contributed by atoms with Crippen LogP contribution in [0.3, 0.4) is 0 Å². The second-order valence-corrected chi connectivity index (χ2v) is 7.12. The first-order chi connectivity index (χ1) is 9.23. The maximum atomic E-state index is 13.1. The monoisotopic (exact) mass is 310 g/mol. The van der Waals surface area contributed by atoms with Crippen LogP contribution >= 0.6 is 0 Å². The van der Waals surface area contributed by atoms with E-state index in [4.69, 9.17) is 0 Å². The van der Waals surface area contributed by atoms with Crippen LogP contribution in [-0.4, -0.2) is 44.2 Å². The fourth-order valence-corrected chi connectivity index (χ4v) is 4.06. The molecule has 1 aromatic heterocycles. The lowest BCUT2D eigenvalue weighted by Gasteiger charge is -2.20. The molecule has 112 valence electrons. The molecule has 10 heteroatoms. The standard InChI is InChI=1S/C10H13F3N4O2S/c11-10(12,13)9-2-8(9,3-15-5-9)4-17-20(18,19)7-1-14-6-16-7/h1,6,15,17H,2-5H2,(H,14,16)/t8-,9-/m0/s1. The zero-order valence-electron chi connectivity index (χ0n) is 10.3. The molecule has 0 spiro atoms. The lowest BCUT2D eigenvalue weighted by atomic mass is 9.96. The number of alkyl halides is 3. The van der Waals surface area contributed by atoms with Gasteiger partial charge in [-0.2, -0.15) is 13.2 Å². The van der Waals surface area contributed by atoms with Crippen LogP contribution in [0.2, 0.25) is 0 Å². The number of piperidine rings is 1. The summed E-state index contributed by atoms with van der Waals surface area (Å²) in [4.78, 5) is 6.00. The molecule has 0 amide bonds. The van der Waals surface area contributed by atoms with E-state index in [1.165, 1.54) is 6.33 Å². The maximum absolute atomic E-state index is 13.1. The fourth-order valence-electron chi connectivity index (χ4n) is 3.03. The molecular weight excluding hydrogens is 297 g/mol. The minimum Gasteiger partial charge on any atom is -0.335 e. The Balaban J connectivity index is 1.75. The van der Waals surface area contributed by atoms with Gasteiger partial charge < -0.3 is 10.3 Å². The molecule has 0 aromatic carbocycles. The van der Waals surface area contributed by atoms with Crippen molar-refractivity contribution in [3.8, 4) is 0 Å². The van der Waals surface area contributed by atoms with Crippen molar-refractivity contribution >= 4 is 10.0 Å². The highest BCUT2D eigenvalue weighted by molar-refractivity contribution is 7.89. The van der Waals surface area contributed by atoms with Crippen LogP contribution in [0.1, 0.15) is 6.42 Å². The van der Waals surface area contributed by atoms with Crippen molar-refractivity contribution in [1.29, 1.82) is 0 Å². The van der Waals surface area contributed by atoms with Crippen LogP contribution in [0.15, 0.2) is 17.6 Å². The Bertz CT molecular complexity index is 615. The fraction of sp³-hybridized carbons (Fsp3) is 0.700. The van der Waals surface area contributed by atoms with E-state index >= 15 is 0 Å². The first-order valence-electron chi connectivity index (χ1n) is 5.98. The number of imidazole rings is 1. The second kappa shape index (κ2) is 3.95. The van der Waals surface area contributed by atoms with E-state index in [1.807, 2.05) is 0 Å². The molecule has 2 aliphatic rings. The van der Waals surface area contributed by atoms with E-state index in [-0.39, 0.29) is 31.1 Å². The van der Waals surface area contributed by atoms with Crippen LogP contribution in [0.4, 0.5) is 13.2 Å². The number of sulfonamides is 1.